The van der Waals surface area contributed by atoms with Gasteiger partial charge in [-0.2, -0.15) is 17.9 Å². The maximum atomic E-state index is 12.6. The molecule has 0 atom stereocenters. The van der Waals surface area contributed by atoms with Crippen molar-refractivity contribution in [2.75, 3.05) is 7.11 Å². The highest BCUT2D eigenvalue weighted by atomic mass is 32.2. The standard InChI is InChI=1S/C15H18F3NO4S/c1-23-13(20)14(9-3-2-4-10-14)19-24(21,22)12-7-5-11(6-8-12)15(16,17)18/h5-8,19H,2-4,9-10H2,1H3. The van der Waals surface area contributed by atoms with Crippen molar-refractivity contribution in [1.82, 2.24) is 4.72 Å². The van der Waals surface area contributed by atoms with Crippen LogP contribution in [0.4, 0.5) is 13.2 Å². The van der Waals surface area contributed by atoms with Crippen molar-refractivity contribution in [1.29, 1.82) is 0 Å². The molecule has 24 heavy (non-hydrogen) atoms. The summed E-state index contributed by atoms with van der Waals surface area (Å²) in [5.74, 6) is -0.683. The summed E-state index contributed by atoms with van der Waals surface area (Å²) in [5.41, 5.74) is -2.31. The molecule has 0 heterocycles. The van der Waals surface area contributed by atoms with Crippen molar-refractivity contribution in [2.24, 2.45) is 0 Å². The molecule has 1 aromatic carbocycles. The molecule has 0 radical (unpaired) electrons. The number of halogens is 3. The van der Waals surface area contributed by atoms with Crippen LogP contribution in [0.15, 0.2) is 29.2 Å². The molecule has 1 saturated carbocycles. The number of sulfonamides is 1. The number of rotatable bonds is 4. The van der Waals surface area contributed by atoms with Gasteiger partial charge in [-0.1, -0.05) is 19.3 Å². The summed E-state index contributed by atoms with van der Waals surface area (Å²) >= 11 is 0. The second-order valence-corrected chi connectivity index (χ2v) is 7.44. The van der Waals surface area contributed by atoms with Gasteiger partial charge in [0.25, 0.3) is 0 Å². The Balaban J connectivity index is 2.30. The minimum absolute atomic E-state index is 0.291. The van der Waals surface area contributed by atoms with Gasteiger partial charge in [0.2, 0.25) is 10.0 Å². The zero-order chi connectivity index (χ0) is 18.0. The Morgan fingerprint density at radius 2 is 1.67 bits per heavy atom. The van der Waals surface area contributed by atoms with Gasteiger partial charge in [0.05, 0.1) is 17.6 Å². The fourth-order valence-corrected chi connectivity index (χ4v) is 4.25. The first-order valence-electron chi connectivity index (χ1n) is 7.40. The van der Waals surface area contributed by atoms with Crippen molar-refractivity contribution in [3.8, 4) is 0 Å². The van der Waals surface area contributed by atoms with Gasteiger partial charge in [-0.15, -0.1) is 0 Å². The molecule has 2 rings (SSSR count). The van der Waals surface area contributed by atoms with E-state index >= 15 is 0 Å². The summed E-state index contributed by atoms with van der Waals surface area (Å²) < 4.78 is 69.8. The van der Waals surface area contributed by atoms with Crippen LogP contribution in [0.1, 0.15) is 37.7 Å². The van der Waals surface area contributed by atoms with Gasteiger partial charge < -0.3 is 4.74 Å². The van der Waals surface area contributed by atoms with Crippen LogP contribution in [-0.4, -0.2) is 27.0 Å². The van der Waals surface area contributed by atoms with E-state index in [4.69, 9.17) is 4.74 Å². The van der Waals surface area contributed by atoms with Crippen LogP contribution in [0, 0.1) is 0 Å². The predicted molar refractivity (Wildman–Crippen MR) is 79.6 cm³/mol. The summed E-state index contributed by atoms with van der Waals surface area (Å²) in [7, 11) is -2.98. The first-order valence-corrected chi connectivity index (χ1v) is 8.89. The molecule has 0 saturated heterocycles. The largest absolute Gasteiger partial charge is 0.468 e. The number of hydrogen-bond donors (Lipinski definition) is 1. The number of nitrogens with one attached hydrogen (secondary N) is 1. The normalized spacial score (nSPS) is 18.2. The lowest BCUT2D eigenvalue weighted by atomic mass is 9.83. The molecule has 1 aromatic rings. The molecule has 0 aromatic heterocycles. The highest BCUT2D eigenvalue weighted by Crippen LogP contribution is 2.32. The Morgan fingerprint density at radius 1 is 1.12 bits per heavy atom. The Bertz CT molecular complexity index is 692. The van der Waals surface area contributed by atoms with E-state index in [2.05, 4.69) is 4.72 Å². The third-order valence-corrected chi connectivity index (χ3v) is 5.66. The predicted octanol–water partition coefficient (Wildman–Crippen LogP) is 2.86. The third kappa shape index (κ3) is 3.89. The number of alkyl halides is 3. The van der Waals surface area contributed by atoms with E-state index in [1.165, 1.54) is 7.11 Å². The minimum Gasteiger partial charge on any atom is -0.468 e. The van der Waals surface area contributed by atoms with Crippen molar-refractivity contribution in [3.05, 3.63) is 29.8 Å². The summed E-state index contributed by atoms with van der Waals surface area (Å²) in [4.78, 5) is 11.8. The molecule has 0 amide bonds. The van der Waals surface area contributed by atoms with E-state index in [0.717, 1.165) is 18.6 Å². The average Bonchev–Trinajstić information content (AvgIpc) is 2.54. The topological polar surface area (TPSA) is 72.5 Å². The number of ether oxygens (including phenoxy) is 1. The van der Waals surface area contributed by atoms with Crippen LogP contribution < -0.4 is 4.72 Å². The number of carbonyl (C=O) groups excluding carboxylic acids is 1. The van der Waals surface area contributed by atoms with Crippen LogP contribution in [0.5, 0.6) is 0 Å². The number of methoxy groups -OCH3 is 1. The lowest BCUT2D eigenvalue weighted by Gasteiger charge is -2.34. The molecule has 1 fully saturated rings. The summed E-state index contributed by atoms with van der Waals surface area (Å²) in [6.45, 7) is 0. The molecule has 0 unspecified atom stereocenters. The second-order valence-electron chi connectivity index (χ2n) is 5.76. The highest BCUT2D eigenvalue weighted by molar-refractivity contribution is 7.89. The maximum Gasteiger partial charge on any atom is 0.416 e. The SMILES string of the molecule is COC(=O)C1(NS(=O)(=O)c2ccc(C(F)(F)F)cc2)CCCCC1. The lowest BCUT2D eigenvalue weighted by molar-refractivity contribution is -0.149. The van der Waals surface area contributed by atoms with E-state index in [1.54, 1.807) is 0 Å². The third-order valence-electron chi connectivity index (χ3n) is 4.10. The number of esters is 1. The van der Waals surface area contributed by atoms with Gasteiger partial charge in [0.1, 0.15) is 5.54 Å². The molecule has 1 aliphatic carbocycles. The molecule has 0 bridgehead atoms. The number of carbonyl (C=O) groups is 1. The van der Waals surface area contributed by atoms with E-state index < -0.39 is 33.3 Å². The van der Waals surface area contributed by atoms with E-state index in [1.807, 2.05) is 0 Å². The summed E-state index contributed by atoms with van der Waals surface area (Å²) in [5, 5.41) is 0. The molecular weight excluding hydrogens is 347 g/mol. The molecule has 5 nitrogen and oxygen atoms in total. The van der Waals surface area contributed by atoms with Gasteiger partial charge >= 0.3 is 12.1 Å². The fourth-order valence-electron chi connectivity index (χ4n) is 2.84. The van der Waals surface area contributed by atoms with Gasteiger partial charge in [-0.3, -0.25) is 4.79 Å². The van der Waals surface area contributed by atoms with Crippen LogP contribution >= 0.6 is 0 Å². The van der Waals surface area contributed by atoms with Gasteiger partial charge in [0.15, 0.2) is 0 Å². The maximum absolute atomic E-state index is 12.6. The molecular formula is C15H18F3NO4S. The first-order chi connectivity index (χ1) is 11.1. The number of benzene rings is 1. The van der Waals surface area contributed by atoms with Gasteiger partial charge in [-0.25, -0.2) is 8.42 Å². The Kier molecular flexibility index (Phi) is 5.24. The smallest absolute Gasteiger partial charge is 0.416 e. The van der Waals surface area contributed by atoms with Crippen LogP contribution in [-0.2, 0) is 25.7 Å². The van der Waals surface area contributed by atoms with E-state index in [-0.39, 0.29) is 4.90 Å². The zero-order valence-corrected chi connectivity index (χ0v) is 13.8. The molecule has 0 aliphatic heterocycles. The molecule has 9 heteroatoms. The van der Waals surface area contributed by atoms with Gasteiger partial charge in [0, 0.05) is 0 Å². The quantitative estimate of drug-likeness (QED) is 0.833. The van der Waals surface area contributed by atoms with Crippen LogP contribution in [0.3, 0.4) is 0 Å². The Hall–Kier alpha value is -1.61. The molecule has 1 N–H and O–H groups in total. The monoisotopic (exact) mass is 365 g/mol. The second kappa shape index (κ2) is 6.72. The first kappa shape index (κ1) is 18.7. The van der Waals surface area contributed by atoms with Crippen molar-refractivity contribution in [2.45, 2.75) is 48.7 Å². The average molecular weight is 365 g/mol. The highest BCUT2D eigenvalue weighted by Gasteiger charge is 2.44. The van der Waals surface area contributed by atoms with E-state index in [0.29, 0.717) is 37.8 Å². The van der Waals surface area contributed by atoms with Crippen molar-refractivity contribution < 1.29 is 31.1 Å². The Morgan fingerprint density at radius 3 is 2.12 bits per heavy atom. The van der Waals surface area contributed by atoms with Gasteiger partial charge in [-0.05, 0) is 37.1 Å². The molecule has 0 spiro atoms. The van der Waals surface area contributed by atoms with Crippen LogP contribution in [0.2, 0.25) is 0 Å². The minimum atomic E-state index is -4.55. The molecule has 134 valence electrons. The Labute approximate surface area is 138 Å². The fraction of sp³-hybridized carbons (Fsp3) is 0.533. The summed E-state index contributed by atoms with van der Waals surface area (Å²) in [6, 6.07) is 3.14. The number of hydrogen-bond acceptors (Lipinski definition) is 4. The lowest BCUT2D eigenvalue weighted by Crippen LogP contribution is -2.55. The summed E-state index contributed by atoms with van der Waals surface area (Å²) in [6.07, 6.45) is -1.78. The van der Waals surface area contributed by atoms with E-state index in [9.17, 15) is 26.4 Å². The van der Waals surface area contributed by atoms with Crippen LogP contribution in [0.25, 0.3) is 0 Å². The van der Waals surface area contributed by atoms with Crippen molar-refractivity contribution >= 4 is 16.0 Å². The van der Waals surface area contributed by atoms with Crippen molar-refractivity contribution in [3.63, 3.8) is 0 Å². The zero-order valence-electron chi connectivity index (χ0n) is 13.0. The molecule has 1 aliphatic rings.